The highest BCUT2D eigenvalue weighted by Gasteiger charge is 2.29. The van der Waals surface area contributed by atoms with Crippen LogP contribution in [-0.4, -0.2) is 137 Å². The second-order valence-electron chi connectivity index (χ2n) is 12.2. The van der Waals surface area contributed by atoms with Crippen molar-refractivity contribution in [3.8, 4) is 11.1 Å². The first-order chi connectivity index (χ1) is 24.3. The van der Waals surface area contributed by atoms with Crippen LogP contribution in [0, 0.1) is 0 Å². The highest BCUT2D eigenvalue weighted by Crippen LogP contribution is 2.44. The summed E-state index contributed by atoms with van der Waals surface area (Å²) in [4.78, 5) is 23.7. The fourth-order valence-electron chi connectivity index (χ4n) is 4.94. The predicted molar refractivity (Wildman–Crippen MR) is 185 cm³/mol. The number of amides is 1. The smallest absolute Gasteiger partial charge is 0.407 e. The van der Waals surface area contributed by atoms with Crippen LogP contribution in [0.3, 0.4) is 0 Å². The van der Waals surface area contributed by atoms with Crippen LogP contribution in [0.1, 0.15) is 37.8 Å². The van der Waals surface area contributed by atoms with E-state index in [4.69, 9.17) is 47.4 Å². The number of rotatable bonds is 28. The minimum atomic E-state index is -0.516. The summed E-state index contributed by atoms with van der Waals surface area (Å²) in [5.41, 5.74) is 4.25. The number of hydrogen-bond donors (Lipinski definition) is 1. The monoisotopic (exact) mass is 705 g/mol. The van der Waals surface area contributed by atoms with Gasteiger partial charge in [-0.25, -0.2) is 9.59 Å². The Morgan fingerprint density at radius 2 is 0.940 bits per heavy atom. The van der Waals surface area contributed by atoms with E-state index in [1.165, 1.54) is 22.3 Å². The highest BCUT2D eigenvalue weighted by atomic mass is 16.6. The average Bonchev–Trinajstić information content (AvgIpc) is 3.41. The van der Waals surface area contributed by atoms with E-state index in [-0.39, 0.29) is 19.1 Å². The number of benzene rings is 2. The van der Waals surface area contributed by atoms with Gasteiger partial charge in [0, 0.05) is 12.5 Å². The van der Waals surface area contributed by atoms with Gasteiger partial charge in [-0.3, -0.25) is 0 Å². The Bertz CT molecular complexity index is 1180. The van der Waals surface area contributed by atoms with Gasteiger partial charge in [0.25, 0.3) is 0 Å². The van der Waals surface area contributed by atoms with Crippen molar-refractivity contribution in [2.75, 3.05) is 119 Å². The van der Waals surface area contributed by atoms with Gasteiger partial charge in [-0.05, 0) is 43.0 Å². The summed E-state index contributed by atoms with van der Waals surface area (Å²) in [6, 6.07) is 16.5. The summed E-state index contributed by atoms with van der Waals surface area (Å²) < 4.78 is 54.2. The molecular weight excluding hydrogens is 650 g/mol. The lowest BCUT2D eigenvalue weighted by atomic mass is 9.98. The molecule has 0 saturated heterocycles. The zero-order valence-electron chi connectivity index (χ0n) is 29.8. The maximum Gasteiger partial charge on any atom is 0.407 e. The average molecular weight is 706 g/mol. The molecule has 1 aliphatic carbocycles. The molecular formula is C37H55NO12. The lowest BCUT2D eigenvalue weighted by Gasteiger charge is -2.19. The van der Waals surface area contributed by atoms with E-state index in [1.54, 1.807) is 0 Å². The summed E-state index contributed by atoms with van der Waals surface area (Å²) in [6.07, 6.45) is -0.456. The lowest BCUT2D eigenvalue weighted by Crippen LogP contribution is -2.29. The quantitative estimate of drug-likeness (QED) is 0.101. The van der Waals surface area contributed by atoms with Crippen LogP contribution in [-0.2, 0) is 52.2 Å². The summed E-state index contributed by atoms with van der Waals surface area (Å²) in [6.45, 7) is 12.5. The van der Waals surface area contributed by atoms with Crippen LogP contribution in [0.5, 0.6) is 0 Å². The maximum atomic E-state index is 12.2. The van der Waals surface area contributed by atoms with Crippen LogP contribution >= 0.6 is 0 Å². The van der Waals surface area contributed by atoms with E-state index in [0.29, 0.717) is 106 Å². The van der Waals surface area contributed by atoms with E-state index in [2.05, 4.69) is 29.6 Å². The number of carbonyl (C=O) groups is 2. The molecule has 0 bridgehead atoms. The van der Waals surface area contributed by atoms with Gasteiger partial charge in [-0.1, -0.05) is 48.5 Å². The molecule has 1 aliphatic rings. The van der Waals surface area contributed by atoms with E-state index < -0.39 is 17.7 Å². The van der Waals surface area contributed by atoms with Gasteiger partial charge < -0.3 is 52.7 Å². The first kappa shape index (κ1) is 41.3. The molecule has 0 spiro atoms. The van der Waals surface area contributed by atoms with E-state index >= 15 is 0 Å². The molecule has 1 amide bonds. The number of alkyl carbamates (subject to hydrolysis) is 1. The SMILES string of the molecule is CC(C)(C)OC(=O)COCCOCCOCCOCCOCCOCCOCCOCCNC(=O)OCC1c2ccccc2-c2ccccc21. The van der Waals surface area contributed by atoms with Gasteiger partial charge in [-0.2, -0.15) is 0 Å². The summed E-state index contributed by atoms with van der Waals surface area (Å²) in [5.74, 6) is -0.356. The molecule has 280 valence electrons. The molecule has 0 radical (unpaired) electrons. The number of fused-ring (bicyclic) bond motifs is 3. The summed E-state index contributed by atoms with van der Waals surface area (Å²) in [5, 5.41) is 2.74. The summed E-state index contributed by atoms with van der Waals surface area (Å²) >= 11 is 0. The van der Waals surface area contributed by atoms with Crippen molar-refractivity contribution in [3.05, 3.63) is 59.7 Å². The first-order valence-electron chi connectivity index (χ1n) is 17.3. The predicted octanol–water partition coefficient (Wildman–Crippen LogP) is 4.00. The third-order valence-corrected chi connectivity index (χ3v) is 7.10. The Labute approximate surface area is 296 Å². The molecule has 0 heterocycles. The molecule has 0 atom stereocenters. The van der Waals surface area contributed by atoms with Crippen molar-refractivity contribution < 1.29 is 57.0 Å². The van der Waals surface area contributed by atoms with Crippen molar-refractivity contribution in [2.45, 2.75) is 32.3 Å². The van der Waals surface area contributed by atoms with Crippen LogP contribution in [0.2, 0.25) is 0 Å². The van der Waals surface area contributed by atoms with Crippen molar-refractivity contribution in [3.63, 3.8) is 0 Å². The van der Waals surface area contributed by atoms with Crippen molar-refractivity contribution in [2.24, 2.45) is 0 Å². The van der Waals surface area contributed by atoms with E-state index in [0.717, 1.165) is 0 Å². The molecule has 0 aromatic heterocycles. The maximum absolute atomic E-state index is 12.2. The molecule has 1 N–H and O–H groups in total. The highest BCUT2D eigenvalue weighted by molar-refractivity contribution is 5.79. The Hall–Kier alpha value is -3.14. The van der Waals surface area contributed by atoms with Crippen LogP contribution in [0.4, 0.5) is 4.79 Å². The Balaban J connectivity index is 0.988. The molecule has 2 aromatic carbocycles. The van der Waals surface area contributed by atoms with Crippen LogP contribution in [0.15, 0.2) is 48.5 Å². The normalized spacial score (nSPS) is 12.5. The standard InChI is InChI=1S/C37H55NO12/c1-37(2,3)50-35(39)29-48-27-26-47-25-24-46-23-22-45-21-20-44-19-18-43-17-16-42-15-14-41-13-12-38-36(40)49-28-34-32-10-6-4-8-30(32)31-9-5-7-11-33(31)34/h4-11,34H,12-29H2,1-3H3,(H,38,40). The molecule has 0 aliphatic heterocycles. The molecule has 50 heavy (non-hydrogen) atoms. The van der Waals surface area contributed by atoms with Crippen molar-refractivity contribution >= 4 is 12.1 Å². The third-order valence-electron chi connectivity index (χ3n) is 7.10. The van der Waals surface area contributed by atoms with Gasteiger partial charge in [0.05, 0.1) is 99.1 Å². The van der Waals surface area contributed by atoms with Gasteiger partial charge >= 0.3 is 12.1 Å². The van der Waals surface area contributed by atoms with Crippen molar-refractivity contribution in [1.82, 2.24) is 5.32 Å². The topological polar surface area (TPSA) is 138 Å². The molecule has 0 fully saturated rings. The second-order valence-corrected chi connectivity index (χ2v) is 12.2. The molecule has 13 heteroatoms. The van der Waals surface area contributed by atoms with Crippen LogP contribution < -0.4 is 5.32 Å². The largest absolute Gasteiger partial charge is 0.458 e. The molecule has 3 rings (SSSR count). The number of carbonyl (C=O) groups excluding carboxylic acids is 2. The zero-order chi connectivity index (χ0) is 35.7. The zero-order valence-corrected chi connectivity index (χ0v) is 29.8. The van der Waals surface area contributed by atoms with E-state index in [9.17, 15) is 9.59 Å². The number of esters is 1. The first-order valence-corrected chi connectivity index (χ1v) is 17.3. The third kappa shape index (κ3) is 17.7. The van der Waals surface area contributed by atoms with Crippen molar-refractivity contribution in [1.29, 1.82) is 0 Å². The Morgan fingerprint density at radius 1 is 0.560 bits per heavy atom. The van der Waals surface area contributed by atoms with Crippen LogP contribution in [0.25, 0.3) is 11.1 Å². The van der Waals surface area contributed by atoms with Gasteiger partial charge in [0.15, 0.2) is 0 Å². The second kappa shape index (κ2) is 24.9. The summed E-state index contributed by atoms with van der Waals surface area (Å²) in [7, 11) is 0. The molecule has 2 aromatic rings. The lowest BCUT2D eigenvalue weighted by molar-refractivity contribution is -0.160. The number of ether oxygens (including phenoxy) is 10. The Morgan fingerprint density at radius 3 is 1.36 bits per heavy atom. The number of nitrogens with one attached hydrogen (secondary N) is 1. The number of hydrogen-bond acceptors (Lipinski definition) is 12. The molecule has 0 unspecified atom stereocenters. The van der Waals surface area contributed by atoms with Gasteiger partial charge in [0.2, 0.25) is 0 Å². The fraction of sp³-hybridized carbons (Fsp3) is 0.622. The van der Waals surface area contributed by atoms with Gasteiger partial charge in [0.1, 0.15) is 18.8 Å². The molecule has 13 nitrogen and oxygen atoms in total. The molecule has 0 saturated carbocycles. The minimum absolute atomic E-state index is 0.0344. The Kier molecular flexibility index (Phi) is 20.6. The van der Waals surface area contributed by atoms with Gasteiger partial charge in [-0.15, -0.1) is 0 Å². The minimum Gasteiger partial charge on any atom is -0.458 e. The fourth-order valence-corrected chi connectivity index (χ4v) is 4.94. The van der Waals surface area contributed by atoms with E-state index in [1.807, 2.05) is 45.0 Å².